The van der Waals surface area contributed by atoms with Crippen molar-refractivity contribution in [1.82, 2.24) is 24.9 Å². The topological polar surface area (TPSA) is 106 Å². The molecule has 2 aromatic heterocycles. The zero-order chi connectivity index (χ0) is 22.6. The van der Waals surface area contributed by atoms with E-state index in [9.17, 15) is 4.79 Å². The van der Waals surface area contributed by atoms with Crippen LogP contribution in [0.5, 0.6) is 5.75 Å². The molecule has 10 nitrogen and oxygen atoms in total. The summed E-state index contributed by atoms with van der Waals surface area (Å²) in [6.07, 6.45) is 5.71. The number of benzene rings is 1. The molecule has 10 heteroatoms. The summed E-state index contributed by atoms with van der Waals surface area (Å²) in [7, 11) is 0. The molecule has 2 N–H and O–H groups in total. The molecule has 2 saturated heterocycles. The van der Waals surface area contributed by atoms with Gasteiger partial charge in [-0.2, -0.15) is 4.98 Å². The number of nitrogens with zero attached hydrogens (tertiary/aromatic N) is 5. The largest absolute Gasteiger partial charge is 0.493 e. The van der Waals surface area contributed by atoms with Crippen molar-refractivity contribution in [2.75, 3.05) is 36.5 Å². The van der Waals surface area contributed by atoms with Crippen LogP contribution in [0.15, 0.2) is 30.6 Å². The Hall–Kier alpha value is -3.56. The van der Waals surface area contributed by atoms with Gasteiger partial charge in [0.1, 0.15) is 11.4 Å². The van der Waals surface area contributed by atoms with E-state index in [0.717, 1.165) is 56.2 Å². The first-order chi connectivity index (χ1) is 15.9. The Labute approximate surface area is 191 Å². The lowest BCUT2D eigenvalue weighted by atomic mass is 9.80. The first-order valence-electron chi connectivity index (χ1n) is 11.4. The third-order valence-electron chi connectivity index (χ3n) is 7.03. The highest BCUT2D eigenvalue weighted by Gasteiger charge is 2.43. The van der Waals surface area contributed by atoms with Crippen LogP contribution in [-0.2, 0) is 10.2 Å². The summed E-state index contributed by atoms with van der Waals surface area (Å²) in [4.78, 5) is 23.0. The number of nitrogens with one attached hydrogen (secondary N) is 2. The Morgan fingerprint density at radius 1 is 1.18 bits per heavy atom. The Balaban J connectivity index is 1.23. The van der Waals surface area contributed by atoms with Crippen molar-refractivity contribution in [3.8, 4) is 5.75 Å². The number of hydrogen-bond acceptors (Lipinski definition) is 8. The van der Waals surface area contributed by atoms with E-state index in [2.05, 4.69) is 45.5 Å². The molecule has 1 spiro atoms. The lowest BCUT2D eigenvalue weighted by Crippen LogP contribution is -2.47. The number of piperidine rings is 1. The average Bonchev–Trinajstić information content (AvgIpc) is 3.36. The predicted molar refractivity (Wildman–Crippen MR) is 122 cm³/mol. The molecule has 172 valence electrons. The maximum Gasteiger partial charge on any atom is 0.407 e. The van der Waals surface area contributed by atoms with Crippen LogP contribution in [-0.4, -0.2) is 57.5 Å². The van der Waals surface area contributed by atoms with Gasteiger partial charge in [-0.1, -0.05) is 19.9 Å². The zero-order valence-corrected chi connectivity index (χ0v) is 18.8. The molecule has 1 aromatic carbocycles. The molecule has 3 aliphatic rings. The maximum absolute atomic E-state index is 11.5. The van der Waals surface area contributed by atoms with Crippen LogP contribution in [0, 0.1) is 0 Å². The highest BCUT2D eigenvalue weighted by atomic mass is 16.6. The number of carbonyl (C=O) groups is 1. The molecule has 6 rings (SSSR count). The number of aromatic nitrogens is 4. The molecule has 33 heavy (non-hydrogen) atoms. The van der Waals surface area contributed by atoms with Crippen molar-refractivity contribution in [2.24, 2.45) is 0 Å². The molecule has 1 amide bonds. The Kier molecular flexibility index (Phi) is 4.40. The average molecular weight is 450 g/mol. The van der Waals surface area contributed by atoms with E-state index in [1.165, 1.54) is 5.56 Å². The Morgan fingerprint density at radius 3 is 2.82 bits per heavy atom. The highest BCUT2D eigenvalue weighted by molar-refractivity contribution is 5.71. The smallest absolute Gasteiger partial charge is 0.407 e. The van der Waals surface area contributed by atoms with Crippen LogP contribution in [0.2, 0.25) is 0 Å². The number of hydrogen-bond donors (Lipinski definition) is 2. The molecular formula is C23H27N7O3. The van der Waals surface area contributed by atoms with E-state index in [1.807, 2.05) is 12.1 Å². The lowest BCUT2D eigenvalue weighted by molar-refractivity contribution is 0.0366. The van der Waals surface area contributed by atoms with Gasteiger partial charge in [0.2, 0.25) is 5.95 Å². The summed E-state index contributed by atoms with van der Waals surface area (Å²) in [6.45, 7) is 7.24. The van der Waals surface area contributed by atoms with E-state index >= 15 is 0 Å². The van der Waals surface area contributed by atoms with Gasteiger partial charge in [0.05, 0.1) is 13.2 Å². The Morgan fingerprint density at radius 2 is 2.03 bits per heavy atom. The minimum atomic E-state index is -0.401. The number of carbonyl (C=O) groups excluding carboxylic acids is 1. The quantitative estimate of drug-likeness (QED) is 0.629. The first kappa shape index (κ1) is 20.1. The fraction of sp³-hybridized carbons (Fsp3) is 0.478. The van der Waals surface area contributed by atoms with Crippen LogP contribution in [0.3, 0.4) is 0 Å². The second-order valence-electron chi connectivity index (χ2n) is 9.69. The number of anilines is 3. The maximum atomic E-state index is 11.5. The SMILES string of the molecule is CC1(C)CCOc2cc(Nc3nc4c(N5CCC6(CC5)CNC(=O)O6)nccn4n3)ccc21. The molecular weight excluding hydrogens is 422 g/mol. The van der Waals surface area contributed by atoms with E-state index in [-0.39, 0.29) is 11.5 Å². The second-order valence-corrected chi connectivity index (χ2v) is 9.69. The number of ether oxygens (including phenoxy) is 2. The summed E-state index contributed by atoms with van der Waals surface area (Å²) in [5, 5.41) is 10.7. The van der Waals surface area contributed by atoms with Crippen molar-refractivity contribution in [1.29, 1.82) is 0 Å². The lowest BCUT2D eigenvalue weighted by Gasteiger charge is -2.37. The summed E-state index contributed by atoms with van der Waals surface area (Å²) >= 11 is 0. The third kappa shape index (κ3) is 3.49. The summed E-state index contributed by atoms with van der Waals surface area (Å²) in [5.74, 6) is 2.19. The number of rotatable bonds is 3. The van der Waals surface area contributed by atoms with Gasteiger partial charge >= 0.3 is 6.09 Å². The van der Waals surface area contributed by atoms with Gasteiger partial charge < -0.3 is 25.0 Å². The van der Waals surface area contributed by atoms with E-state index in [1.54, 1.807) is 16.9 Å². The molecule has 2 fully saturated rings. The van der Waals surface area contributed by atoms with Crippen molar-refractivity contribution < 1.29 is 14.3 Å². The minimum Gasteiger partial charge on any atom is -0.493 e. The minimum absolute atomic E-state index is 0.105. The van der Waals surface area contributed by atoms with E-state index in [0.29, 0.717) is 18.1 Å². The fourth-order valence-corrected chi connectivity index (χ4v) is 4.95. The zero-order valence-electron chi connectivity index (χ0n) is 18.8. The summed E-state index contributed by atoms with van der Waals surface area (Å²) < 4.78 is 13.2. The van der Waals surface area contributed by atoms with E-state index < -0.39 is 5.60 Å². The third-order valence-corrected chi connectivity index (χ3v) is 7.03. The number of alkyl carbamates (subject to hydrolysis) is 1. The number of amides is 1. The monoisotopic (exact) mass is 449 g/mol. The van der Waals surface area contributed by atoms with Gasteiger partial charge in [-0.3, -0.25) is 0 Å². The standard InChI is InChI=1S/C23H27N7O3/c1-22(2)7-12-32-17-13-15(3-4-16(17)22)26-20-27-19-18(24-8-11-30(19)28-20)29-9-5-23(6-10-29)14-25-21(31)33-23/h3-4,8,11,13H,5-7,9-10,12,14H2,1-2H3,(H,25,31)(H,26,28). The molecule has 3 aromatic rings. The van der Waals surface area contributed by atoms with Crippen molar-refractivity contribution in [3.05, 3.63) is 36.2 Å². The molecule has 3 aliphatic heterocycles. The molecule has 0 bridgehead atoms. The van der Waals surface area contributed by atoms with E-state index in [4.69, 9.17) is 14.5 Å². The number of fused-ring (bicyclic) bond motifs is 2. The van der Waals surface area contributed by atoms with Gasteiger partial charge in [0.25, 0.3) is 0 Å². The van der Waals surface area contributed by atoms with Crippen LogP contribution in [0.25, 0.3) is 5.65 Å². The molecule has 5 heterocycles. The fourth-order valence-electron chi connectivity index (χ4n) is 4.95. The van der Waals surface area contributed by atoms with Gasteiger partial charge in [-0.05, 0) is 17.9 Å². The molecule has 0 radical (unpaired) electrons. The highest BCUT2D eigenvalue weighted by Crippen LogP contribution is 2.40. The Bertz CT molecular complexity index is 1230. The molecule has 0 unspecified atom stereocenters. The van der Waals surface area contributed by atoms with Crippen molar-refractivity contribution >= 4 is 29.2 Å². The van der Waals surface area contributed by atoms with Crippen LogP contribution < -0.4 is 20.3 Å². The molecule has 0 saturated carbocycles. The van der Waals surface area contributed by atoms with Crippen LogP contribution in [0.1, 0.15) is 38.7 Å². The van der Waals surface area contributed by atoms with Gasteiger partial charge in [0.15, 0.2) is 11.5 Å². The summed E-state index contributed by atoms with van der Waals surface area (Å²) in [6, 6.07) is 6.18. The molecule has 0 aliphatic carbocycles. The van der Waals surface area contributed by atoms with Gasteiger partial charge in [-0.15, -0.1) is 5.10 Å². The van der Waals surface area contributed by atoms with Crippen molar-refractivity contribution in [2.45, 2.75) is 44.1 Å². The normalized spacial score (nSPS) is 20.8. The van der Waals surface area contributed by atoms with Crippen LogP contribution >= 0.6 is 0 Å². The van der Waals surface area contributed by atoms with Gasteiger partial charge in [-0.25, -0.2) is 14.3 Å². The molecule has 0 atom stereocenters. The van der Waals surface area contributed by atoms with Crippen LogP contribution in [0.4, 0.5) is 22.2 Å². The predicted octanol–water partition coefficient (Wildman–Crippen LogP) is 3.01. The van der Waals surface area contributed by atoms with Crippen molar-refractivity contribution in [3.63, 3.8) is 0 Å². The second kappa shape index (κ2) is 7.23. The van der Waals surface area contributed by atoms with Gasteiger partial charge in [0, 0.05) is 55.6 Å². The summed E-state index contributed by atoms with van der Waals surface area (Å²) in [5.41, 5.74) is 2.50. The first-order valence-corrected chi connectivity index (χ1v) is 11.4.